The van der Waals surface area contributed by atoms with Crippen LogP contribution in [0.15, 0.2) is 21.5 Å². The summed E-state index contributed by atoms with van der Waals surface area (Å²) in [7, 11) is 1.46. The fourth-order valence-electron chi connectivity index (χ4n) is 1.39. The average molecular weight is 346 g/mol. The maximum absolute atomic E-state index is 11.5. The second-order valence-electron chi connectivity index (χ2n) is 3.40. The molecule has 0 saturated carbocycles. The summed E-state index contributed by atoms with van der Waals surface area (Å²) in [4.78, 5) is 12.0. The summed E-state index contributed by atoms with van der Waals surface area (Å²) < 4.78 is 6.12. The van der Waals surface area contributed by atoms with Gasteiger partial charge in [0.15, 0.2) is 11.5 Å². The van der Waals surface area contributed by atoms with Gasteiger partial charge in [0, 0.05) is 4.47 Å². The monoisotopic (exact) mass is 345 g/mol. The van der Waals surface area contributed by atoms with Crippen molar-refractivity contribution in [3.05, 3.63) is 27.1 Å². The summed E-state index contributed by atoms with van der Waals surface area (Å²) in [5, 5.41) is 12.1. The lowest BCUT2D eigenvalue weighted by atomic mass is 10.2. The highest BCUT2D eigenvalue weighted by atomic mass is 79.9. The first-order valence-electron chi connectivity index (χ1n) is 4.82. The van der Waals surface area contributed by atoms with Crippen LogP contribution in [-0.2, 0) is 4.79 Å². The van der Waals surface area contributed by atoms with Crippen LogP contribution in [-0.4, -0.2) is 22.4 Å². The number of methoxy groups -OCH3 is 1. The average Bonchev–Trinajstić information content (AvgIpc) is 2.61. The molecule has 1 aliphatic rings. The van der Waals surface area contributed by atoms with Crippen molar-refractivity contribution in [1.82, 2.24) is 5.32 Å². The largest absolute Gasteiger partial charge is 0.504 e. The zero-order valence-corrected chi connectivity index (χ0v) is 12.4. The molecule has 1 saturated heterocycles. The summed E-state index contributed by atoms with van der Waals surface area (Å²) in [5.74, 6) is 0.158. The van der Waals surface area contributed by atoms with Crippen molar-refractivity contribution in [3.8, 4) is 11.5 Å². The smallest absolute Gasteiger partial charge is 0.263 e. The predicted molar refractivity (Wildman–Crippen MR) is 78.7 cm³/mol. The number of thioether (sulfide) groups is 1. The van der Waals surface area contributed by atoms with Gasteiger partial charge in [0.2, 0.25) is 0 Å². The summed E-state index contributed by atoms with van der Waals surface area (Å²) in [6.07, 6.45) is 1.69. The number of hydrogen-bond donors (Lipinski definition) is 2. The van der Waals surface area contributed by atoms with Crippen LogP contribution in [0.25, 0.3) is 6.08 Å². The molecule has 1 aromatic carbocycles. The Balaban J connectivity index is 2.43. The van der Waals surface area contributed by atoms with Crippen LogP contribution in [0.5, 0.6) is 11.5 Å². The van der Waals surface area contributed by atoms with Gasteiger partial charge in [0.1, 0.15) is 4.32 Å². The van der Waals surface area contributed by atoms with Crippen LogP contribution < -0.4 is 10.1 Å². The summed E-state index contributed by atoms with van der Waals surface area (Å²) in [6.45, 7) is 0. The molecule has 1 amide bonds. The van der Waals surface area contributed by atoms with Crippen molar-refractivity contribution in [2.24, 2.45) is 0 Å². The molecule has 4 nitrogen and oxygen atoms in total. The molecular formula is C11H8BrNO3S2. The van der Waals surface area contributed by atoms with Gasteiger partial charge in [-0.1, -0.05) is 39.9 Å². The van der Waals surface area contributed by atoms with E-state index in [2.05, 4.69) is 21.2 Å². The van der Waals surface area contributed by atoms with Crippen LogP contribution >= 0.6 is 39.9 Å². The highest BCUT2D eigenvalue weighted by molar-refractivity contribution is 9.10. The molecule has 2 N–H and O–H groups in total. The van der Waals surface area contributed by atoms with Crippen molar-refractivity contribution in [1.29, 1.82) is 0 Å². The quantitative estimate of drug-likeness (QED) is 0.637. The molecule has 7 heteroatoms. The second kappa shape index (κ2) is 5.29. The molecule has 1 aliphatic heterocycles. The van der Waals surface area contributed by atoms with E-state index >= 15 is 0 Å². The molecular weight excluding hydrogens is 338 g/mol. The Kier molecular flexibility index (Phi) is 3.94. The van der Waals surface area contributed by atoms with E-state index in [0.29, 0.717) is 19.4 Å². The first kappa shape index (κ1) is 13.4. The lowest BCUT2D eigenvalue weighted by molar-refractivity contribution is -0.115. The van der Waals surface area contributed by atoms with E-state index < -0.39 is 0 Å². The normalized spacial score (nSPS) is 17.1. The van der Waals surface area contributed by atoms with Gasteiger partial charge in [-0.25, -0.2) is 0 Å². The van der Waals surface area contributed by atoms with E-state index in [9.17, 15) is 9.90 Å². The van der Waals surface area contributed by atoms with E-state index in [1.165, 1.54) is 24.9 Å². The molecule has 0 spiro atoms. The van der Waals surface area contributed by atoms with Gasteiger partial charge < -0.3 is 15.2 Å². The number of phenolic OH excluding ortho intramolecular Hbond substituents is 1. The number of aromatic hydroxyl groups is 1. The Morgan fingerprint density at radius 1 is 1.56 bits per heavy atom. The minimum Gasteiger partial charge on any atom is -0.504 e. The topological polar surface area (TPSA) is 58.6 Å². The highest BCUT2D eigenvalue weighted by Gasteiger charge is 2.22. The number of halogens is 1. The van der Waals surface area contributed by atoms with Crippen LogP contribution in [0.3, 0.4) is 0 Å². The SMILES string of the molecule is COc1cc(/C=C2/SC(=S)NC2=O)c(Br)cc1O. The van der Waals surface area contributed by atoms with E-state index in [-0.39, 0.29) is 11.7 Å². The number of carbonyl (C=O) groups excluding carboxylic acids is 1. The maximum Gasteiger partial charge on any atom is 0.263 e. The Morgan fingerprint density at radius 2 is 2.28 bits per heavy atom. The number of ether oxygens (including phenoxy) is 1. The van der Waals surface area contributed by atoms with Gasteiger partial charge in [-0.05, 0) is 23.8 Å². The first-order valence-corrected chi connectivity index (χ1v) is 6.84. The van der Waals surface area contributed by atoms with Gasteiger partial charge in [-0.3, -0.25) is 4.79 Å². The first-order chi connectivity index (χ1) is 8.51. The van der Waals surface area contributed by atoms with Gasteiger partial charge >= 0.3 is 0 Å². The molecule has 0 aliphatic carbocycles. The van der Waals surface area contributed by atoms with Crippen LogP contribution in [0.1, 0.15) is 5.56 Å². The third-order valence-electron chi connectivity index (χ3n) is 2.23. The van der Waals surface area contributed by atoms with Crippen molar-refractivity contribution in [2.45, 2.75) is 0 Å². The lowest BCUT2D eigenvalue weighted by Crippen LogP contribution is -2.17. The maximum atomic E-state index is 11.5. The number of thiocarbonyl (C=S) groups is 1. The van der Waals surface area contributed by atoms with E-state index in [4.69, 9.17) is 17.0 Å². The standard InChI is InChI=1S/C11H8BrNO3S2/c1-16-8-2-5(6(12)4-7(8)14)3-9-10(15)13-11(17)18-9/h2-4,14H,1H3,(H,13,15,17)/b9-3+. The number of carbonyl (C=O) groups is 1. The van der Waals surface area contributed by atoms with Crippen molar-refractivity contribution in [2.75, 3.05) is 7.11 Å². The lowest BCUT2D eigenvalue weighted by Gasteiger charge is -2.06. The Labute approximate surface area is 122 Å². The van der Waals surface area contributed by atoms with Gasteiger partial charge in [-0.2, -0.15) is 0 Å². The Bertz CT molecular complexity index is 572. The van der Waals surface area contributed by atoms with E-state index in [1.807, 2.05) is 0 Å². The fraction of sp³-hybridized carbons (Fsp3) is 0.0909. The van der Waals surface area contributed by atoms with Crippen LogP contribution in [0.4, 0.5) is 0 Å². The van der Waals surface area contributed by atoms with Crippen molar-refractivity contribution in [3.63, 3.8) is 0 Å². The molecule has 1 aromatic rings. The Morgan fingerprint density at radius 3 is 2.83 bits per heavy atom. The van der Waals surface area contributed by atoms with Gasteiger partial charge in [0.25, 0.3) is 5.91 Å². The van der Waals surface area contributed by atoms with Gasteiger partial charge in [-0.15, -0.1) is 0 Å². The third kappa shape index (κ3) is 2.68. The molecule has 94 valence electrons. The molecule has 0 atom stereocenters. The predicted octanol–water partition coefficient (Wildman–Crippen LogP) is 2.65. The zero-order chi connectivity index (χ0) is 13.3. The number of benzene rings is 1. The molecule has 1 fully saturated rings. The third-order valence-corrected chi connectivity index (χ3v) is 4.08. The molecule has 1 heterocycles. The summed E-state index contributed by atoms with van der Waals surface area (Å²) in [5.41, 5.74) is 0.729. The Hall–Kier alpha value is -1.05. The number of phenols is 1. The van der Waals surface area contributed by atoms with Crippen LogP contribution in [0.2, 0.25) is 0 Å². The molecule has 2 rings (SSSR count). The second-order valence-corrected chi connectivity index (χ2v) is 5.97. The minimum absolute atomic E-state index is 0.0329. The molecule has 18 heavy (non-hydrogen) atoms. The summed E-state index contributed by atoms with van der Waals surface area (Å²) in [6, 6.07) is 3.16. The molecule has 0 radical (unpaired) electrons. The van der Waals surface area contributed by atoms with Gasteiger partial charge in [0.05, 0.1) is 12.0 Å². The minimum atomic E-state index is -0.219. The number of rotatable bonds is 2. The molecule has 0 unspecified atom stereocenters. The molecule has 0 aromatic heterocycles. The fourth-order valence-corrected chi connectivity index (χ4v) is 2.88. The van der Waals surface area contributed by atoms with Crippen LogP contribution in [0, 0.1) is 0 Å². The molecule has 0 bridgehead atoms. The van der Waals surface area contributed by atoms with E-state index in [0.717, 1.165) is 5.56 Å². The van der Waals surface area contributed by atoms with Crippen molar-refractivity contribution >= 4 is 56.2 Å². The zero-order valence-electron chi connectivity index (χ0n) is 9.19. The number of nitrogens with one attached hydrogen (secondary N) is 1. The van der Waals surface area contributed by atoms with E-state index in [1.54, 1.807) is 12.1 Å². The number of hydrogen-bond acceptors (Lipinski definition) is 5. The highest BCUT2D eigenvalue weighted by Crippen LogP contribution is 2.35. The van der Waals surface area contributed by atoms with Crippen molar-refractivity contribution < 1.29 is 14.6 Å². The number of amides is 1. The summed E-state index contributed by atoms with van der Waals surface area (Å²) >= 11 is 9.43.